The van der Waals surface area contributed by atoms with E-state index in [0.29, 0.717) is 56.8 Å². The van der Waals surface area contributed by atoms with Crippen LogP contribution in [0.15, 0.2) is 54.7 Å². The Hall–Kier alpha value is -4.89. The zero-order valence-electron chi connectivity index (χ0n) is 26.0. The Labute approximate surface area is 268 Å². The molecular formula is C34H38N8O4. The Bertz CT molecular complexity index is 1740. The molecule has 3 aliphatic heterocycles. The highest BCUT2D eigenvalue weighted by molar-refractivity contribution is 5.70. The first-order valence-electron chi connectivity index (χ1n) is 16.0. The number of piperazine rings is 1. The zero-order chi connectivity index (χ0) is 31.5. The molecule has 2 aromatic heterocycles. The highest BCUT2D eigenvalue weighted by Crippen LogP contribution is 2.31. The average Bonchev–Trinajstić information content (AvgIpc) is 3.83. The van der Waals surface area contributed by atoms with Gasteiger partial charge in [-0.3, -0.25) is 0 Å². The second-order valence-electron chi connectivity index (χ2n) is 12.2. The van der Waals surface area contributed by atoms with E-state index in [1.54, 1.807) is 4.90 Å². The Morgan fingerprint density at radius 3 is 2.83 bits per heavy atom. The fourth-order valence-electron chi connectivity index (χ4n) is 6.67. The Balaban J connectivity index is 1.16. The van der Waals surface area contributed by atoms with Gasteiger partial charge in [-0.25, -0.2) is 14.3 Å². The number of anilines is 1. The van der Waals surface area contributed by atoms with E-state index in [2.05, 4.69) is 29.0 Å². The van der Waals surface area contributed by atoms with Crippen LogP contribution in [0.3, 0.4) is 0 Å². The number of ether oxygens (including phenoxy) is 3. The van der Waals surface area contributed by atoms with E-state index in [1.165, 1.54) is 11.1 Å². The predicted molar refractivity (Wildman–Crippen MR) is 170 cm³/mol. The van der Waals surface area contributed by atoms with Gasteiger partial charge in [0.1, 0.15) is 19.0 Å². The van der Waals surface area contributed by atoms with Crippen LogP contribution in [0.2, 0.25) is 0 Å². The maximum atomic E-state index is 13.2. The number of rotatable bonds is 9. The standard InChI is InChI=1S/C34H38N8O4/c1-39-15-6-10-27(39)23-45-33-37-32(31-36-20-28(42(31)38-33)19-25-9-5-11-30-29(25)13-18-44-30)40-16-17-41(26(21-40)12-14-35)34(43)46-22-24-7-3-2-4-8-24/h2-5,7-9,11,20,26-27H,6,10,12-13,15-19,21-23H2,1H3/t26-,27-/m0/s1. The number of amides is 1. The van der Waals surface area contributed by atoms with Gasteiger partial charge in [-0.15, -0.1) is 5.10 Å². The molecule has 0 radical (unpaired) electrons. The molecule has 5 heterocycles. The SMILES string of the molecule is CN1CCC[C@H]1COc1nc(N2CCN(C(=O)OCc3ccccc3)[C@@H](CC#N)C2)c2ncc(Cc3cccc4c3CCO4)n2n1. The quantitative estimate of drug-likeness (QED) is 0.272. The first kappa shape index (κ1) is 29.8. The number of hydrogen-bond donors (Lipinski definition) is 0. The third-order valence-corrected chi connectivity index (χ3v) is 9.23. The predicted octanol–water partition coefficient (Wildman–Crippen LogP) is 3.86. The molecule has 2 fully saturated rings. The number of benzene rings is 2. The van der Waals surface area contributed by atoms with Crippen LogP contribution in [0.25, 0.3) is 5.65 Å². The third-order valence-electron chi connectivity index (χ3n) is 9.23. The number of carbonyl (C=O) groups excluding carboxylic acids is 1. The molecule has 0 bridgehead atoms. The third kappa shape index (κ3) is 6.15. The minimum Gasteiger partial charge on any atom is -0.493 e. The van der Waals surface area contributed by atoms with Crippen molar-refractivity contribution in [2.45, 2.75) is 50.8 Å². The van der Waals surface area contributed by atoms with Gasteiger partial charge in [-0.1, -0.05) is 42.5 Å². The van der Waals surface area contributed by atoms with Gasteiger partial charge in [-0.2, -0.15) is 10.2 Å². The van der Waals surface area contributed by atoms with Crippen LogP contribution in [-0.4, -0.2) is 94.0 Å². The summed E-state index contributed by atoms with van der Waals surface area (Å²) in [5.41, 5.74) is 4.85. The summed E-state index contributed by atoms with van der Waals surface area (Å²) in [5, 5.41) is 14.5. The maximum absolute atomic E-state index is 13.2. The lowest BCUT2D eigenvalue weighted by atomic mass is 10.0. The molecule has 0 aliphatic carbocycles. The van der Waals surface area contributed by atoms with Crippen LogP contribution in [0.5, 0.6) is 11.8 Å². The number of likely N-dealkylation sites (tertiary alicyclic amines) is 1. The monoisotopic (exact) mass is 622 g/mol. The summed E-state index contributed by atoms with van der Waals surface area (Å²) < 4.78 is 19.5. The second-order valence-corrected chi connectivity index (χ2v) is 12.2. The fraction of sp³-hybridized carbons (Fsp3) is 0.441. The van der Waals surface area contributed by atoms with Crippen LogP contribution in [-0.2, 0) is 24.2 Å². The molecule has 0 N–H and O–H groups in total. The highest BCUT2D eigenvalue weighted by atomic mass is 16.6. The molecule has 0 spiro atoms. The molecule has 0 unspecified atom stereocenters. The molecule has 2 aromatic carbocycles. The van der Waals surface area contributed by atoms with Crippen molar-refractivity contribution in [3.63, 3.8) is 0 Å². The number of hydrogen-bond acceptors (Lipinski definition) is 10. The van der Waals surface area contributed by atoms with E-state index >= 15 is 0 Å². The van der Waals surface area contributed by atoms with Crippen molar-refractivity contribution in [1.29, 1.82) is 5.26 Å². The van der Waals surface area contributed by atoms with Gasteiger partial charge in [0.2, 0.25) is 0 Å². The Kier molecular flexibility index (Phi) is 8.57. The van der Waals surface area contributed by atoms with Crippen molar-refractivity contribution in [2.75, 3.05) is 51.3 Å². The number of aromatic nitrogens is 4. The normalized spacial score (nSPS) is 19.6. The van der Waals surface area contributed by atoms with Crippen LogP contribution >= 0.6 is 0 Å². The molecule has 1 amide bonds. The largest absolute Gasteiger partial charge is 0.493 e. The highest BCUT2D eigenvalue weighted by Gasteiger charge is 2.34. The van der Waals surface area contributed by atoms with E-state index in [0.717, 1.165) is 42.8 Å². The first-order valence-corrected chi connectivity index (χ1v) is 16.0. The first-order chi connectivity index (χ1) is 22.6. The average molecular weight is 623 g/mol. The Morgan fingerprint density at radius 2 is 2.00 bits per heavy atom. The van der Waals surface area contributed by atoms with E-state index in [-0.39, 0.29) is 25.1 Å². The summed E-state index contributed by atoms with van der Waals surface area (Å²) >= 11 is 0. The van der Waals surface area contributed by atoms with Crippen molar-refractivity contribution in [1.82, 2.24) is 29.4 Å². The Morgan fingerprint density at radius 1 is 1.11 bits per heavy atom. The maximum Gasteiger partial charge on any atom is 0.410 e. The molecular weight excluding hydrogens is 584 g/mol. The van der Waals surface area contributed by atoms with Gasteiger partial charge < -0.3 is 28.9 Å². The molecule has 0 saturated carbocycles. The van der Waals surface area contributed by atoms with Crippen LogP contribution in [0.1, 0.15) is 41.6 Å². The van der Waals surface area contributed by atoms with Crippen molar-refractivity contribution < 1.29 is 19.0 Å². The molecule has 46 heavy (non-hydrogen) atoms. The molecule has 4 aromatic rings. The van der Waals surface area contributed by atoms with Crippen molar-refractivity contribution in [3.05, 3.63) is 77.1 Å². The summed E-state index contributed by atoms with van der Waals surface area (Å²) in [6.07, 6.45) is 5.31. The summed E-state index contributed by atoms with van der Waals surface area (Å²) in [6, 6.07) is 18.2. The van der Waals surface area contributed by atoms with Gasteiger partial charge in [0.05, 0.1) is 37.0 Å². The summed E-state index contributed by atoms with van der Waals surface area (Å²) in [5.74, 6) is 1.56. The molecule has 2 saturated heterocycles. The summed E-state index contributed by atoms with van der Waals surface area (Å²) in [4.78, 5) is 28.9. The zero-order valence-corrected chi connectivity index (χ0v) is 26.0. The van der Waals surface area contributed by atoms with Crippen molar-refractivity contribution >= 4 is 17.6 Å². The fourth-order valence-corrected chi connectivity index (χ4v) is 6.67. The van der Waals surface area contributed by atoms with Crippen molar-refractivity contribution in [2.24, 2.45) is 0 Å². The van der Waals surface area contributed by atoms with E-state index in [4.69, 9.17) is 29.3 Å². The lowest BCUT2D eigenvalue weighted by molar-refractivity contribution is 0.0768. The molecule has 7 rings (SSSR count). The topological polar surface area (TPSA) is 121 Å². The van der Waals surface area contributed by atoms with Gasteiger partial charge in [0.15, 0.2) is 11.5 Å². The van der Waals surface area contributed by atoms with E-state index < -0.39 is 6.09 Å². The molecule has 12 heteroatoms. The molecule has 2 atom stereocenters. The second kappa shape index (κ2) is 13.2. The van der Waals surface area contributed by atoms with Crippen molar-refractivity contribution in [3.8, 4) is 17.8 Å². The lowest BCUT2D eigenvalue weighted by Crippen LogP contribution is -2.55. The minimum absolute atomic E-state index is 0.163. The van der Waals surface area contributed by atoms with Gasteiger partial charge in [-0.05, 0) is 43.6 Å². The smallest absolute Gasteiger partial charge is 0.410 e. The van der Waals surface area contributed by atoms with Crippen LogP contribution in [0.4, 0.5) is 10.6 Å². The number of nitrogens with zero attached hydrogens (tertiary/aromatic N) is 8. The number of imidazole rings is 1. The molecule has 238 valence electrons. The van der Waals surface area contributed by atoms with E-state index in [1.807, 2.05) is 53.2 Å². The van der Waals surface area contributed by atoms with Gasteiger partial charge >= 0.3 is 12.1 Å². The van der Waals surface area contributed by atoms with Gasteiger partial charge in [0, 0.05) is 44.1 Å². The molecule has 12 nitrogen and oxygen atoms in total. The van der Waals surface area contributed by atoms with E-state index in [9.17, 15) is 10.1 Å². The number of nitriles is 1. The minimum atomic E-state index is -0.427. The van der Waals surface area contributed by atoms with Gasteiger partial charge in [0.25, 0.3) is 0 Å². The molecule has 3 aliphatic rings. The van der Waals surface area contributed by atoms with Crippen LogP contribution < -0.4 is 14.4 Å². The summed E-state index contributed by atoms with van der Waals surface area (Å²) in [6.45, 7) is 3.68. The number of likely N-dealkylation sites (N-methyl/N-ethyl adjacent to an activating group) is 1. The summed E-state index contributed by atoms with van der Waals surface area (Å²) in [7, 11) is 2.12. The van der Waals surface area contributed by atoms with Crippen LogP contribution in [0, 0.1) is 11.3 Å². The lowest BCUT2D eigenvalue weighted by Gasteiger charge is -2.40. The number of carbonyl (C=O) groups is 1. The number of fused-ring (bicyclic) bond motifs is 2.